The van der Waals surface area contributed by atoms with Crippen molar-refractivity contribution in [1.82, 2.24) is 5.32 Å². The SMILES string of the molecule is FC(F)(F)CN1CCOc2cc3c(c(Br)c21)CCNCC3. The van der Waals surface area contributed by atoms with Crippen molar-refractivity contribution in [3.05, 3.63) is 21.7 Å². The van der Waals surface area contributed by atoms with Gasteiger partial charge in [-0.25, -0.2) is 0 Å². The lowest BCUT2D eigenvalue weighted by atomic mass is 10.0. The van der Waals surface area contributed by atoms with Gasteiger partial charge in [-0.15, -0.1) is 0 Å². The van der Waals surface area contributed by atoms with Crippen molar-refractivity contribution >= 4 is 21.6 Å². The summed E-state index contributed by atoms with van der Waals surface area (Å²) in [6.45, 7) is 1.31. The minimum atomic E-state index is -4.22. The topological polar surface area (TPSA) is 24.5 Å². The molecule has 1 N–H and O–H groups in total. The van der Waals surface area contributed by atoms with Gasteiger partial charge in [0.25, 0.3) is 0 Å². The number of ether oxygens (including phenoxy) is 1. The molecule has 0 saturated carbocycles. The summed E-state index contributed by atoms with van der Waals surface area (Å²) < 4.78 is 44.6. The smallest absolute Gasteiger partial charge is 0.405 e. The van der Waals surface area contributed by atoms with Crippen LogP contribution in [-0.4, -0.2) is 39.0 Å². The number of nitrogens with zero attached hydrogens (tertiary/aromatic N) is 1. The predicted octanol–water partition coefficient (Wildman–Crippen LogP) is 2.90. The fourth-order valence-electron chi connectivity index (χ4n) is 2.92. The molecule has 21 heavy (non-hydrogen) atoms. The molecule has 2 aliphatic heterocycles. The lowest BCUT2D eigenvalue weighted by molar-refractivity contribution is -0.120. The second kappa shape index (κ2) is 5.68. The first kappa shape index (κ1) is 15.0. The minimum absolute atomic E-state index is 0.252. The van der Waals surface area contributed by atoms with Crippen LogP contribution in [0.2, 0.25) is 0 Å². The molecule has 0 bridgehead atoms. The van der Waals surface area contributed by atoms with Crippen LogP contribution < -0.4 is 15.0 Å². The molecule has 0 unspecified atom stereocenters. The van der Waals surface area contributed by atoms with Gasteiger partial charge in [0.1, 0.15) is 18.9 Å². The van der Waals surface area contributed by atoms with Gasteiger partial charge in [-0.2, -0.15) is 13.2 Å². The van der Waals surface area contributed by atoms with Crippen LogP contribution in [0.1, 0.15) is 11.1 Å². The van der Waals surface area contributed by atoms with Crippen LogP contribution in [0.3, 0.4) is 0 Å². The molecule has 3 rings (SSSR count). The summed E-state index contributed by atoms with van der Waals surface area (Å²) in [6.07, 6.45) is -2.55. The molecule has 2 aliphatic rings. The van der Waals surface area contributed by atoms with Gasteiger partial charge < -0.3 is 15.0 Å². The maximum atomic E-state index is 12.8. The molecule has 0 aliphatic carbocycles. The first-order valence-corrected chi connectivity index (χ1v) is 7.74. The van der Waals surface area contributed by atoms with Gasteiger partial charge in [-0.3, -0.25) is 0 Å². The number of hydrogen-bond donors (Lipinski definition) is 1. The Balaban J connectivity index is 2.03. The zero-order valence-electron chi connectivity index (χ0n) is 11.4. The van der Waals surface area contributed by atoms with E-state index in [-0.39, 0.29) is 13.2 Å². The predicted molar refractivity (Wildman–Crippen MR) is 78.2 cm³/mol. The molecule has 0 fully saturated rings. The number of hydrogen-bond acceptors (Lipinski definition) is 3. The first-order valence-electron chi connectivity index (χ1n) is 6.95. The van der Waals surface area contributed by atoms with Crippen LogP contribution in [0.5, 0.6) is 5.75 Å². The average molecular weight is 365 g/mol. The van der Waals surface area contributed by atoms with Crippen molar-refractivity contribution in [3.63, 3.8) is 0 Å². The molecule has 0 aromatic heterocycles. The Hall–Kier alpha value is -0.950. The van der Waals surface area contributed by atoms with E-state index in [4.69, 9.17) is 4.74 Å². The Labute approximate surface area is 129 Å². The summed E-state index contributed by atoms with van der Waals surface area (Å²) in [7, 11) is 0. The van der Waals surface area contributed by atoms with Crippen molar-refractivity contribution in [2.24, 2.45) is 0 Å². The van der Waals surface area contributed by atoms with Gasteiger partial charge >= 0.3 is 6.18 Å². The zero-order valence-corrected chi connectivity index (χ0v) is 13.0. The van der Waals surface area contributed by atoms with Crippen LogP contribution in [0.4, 0.5) is 18.9 Å². The van der Waals surface area contributed by atoms with E-state index in [1.54, 1.807) is 0 Å². The molecule has 116 valence electrons. The summed E-state index contributed by atoms with van der Waals surface area (Å²) in [4.78, 5) is 1.36. The van der Waals surface area contributed by atoms with E-state index in [0.717, 1.165) is 41.5 Å². The fourth-order valence-corrected chi connectivity index (χ4v) is 3.82. The fraction of sp³-hybridized carbons (Fsp3) is 0.571. The summed E-state index contributed by atoms with van der Waals surface area (Å²) in [5.74, 6) is 0.554. The summed E-state index contributed by atoms with van der Waals surface area (Å²) >= 11 is 3.52. The maximum Gasteiger partial charge on any atom is 0.405 e. The van der Waals surface area contributed by atoms with Gasteiger partial charge in [-0.1, -0.05) is 0 Å². The number of nitrogens with one attached hydrogen (secondary N) is 1. The molecule has 0 amide bonds. The Morgan fingerprint density at radius 2 is 2.05 bits per heavy atom. The number of anilines is 1. The highest BCUT2D eigenvalue weighted by Gasteiger charge is 2.35. The minimum Gasteiger partial charge on any atom is -0.490 e. The standard InChI is InChI=1S/C14H16BrF3N2O/c15-12-10-2-4-19-3-1-9(10)7-11-13(12)20(5-6-21-11)8-14(16,17)18/h7,19H,1-6,8H2. The van der Waals surface area contributed by atoms with Gasteiger partial charge in [0, 0.05) is 4.47 Å². The first-order chi connectivity index (χ1) is 9.96. The number of fused-ring (bicyclic) bond motifs is 2. The third-order valence-electron chi connectivity index (χ3n) is 3.83. The van der Waals surface area contributed by atoms with E-state index in [1.165, 1.54) is 4.90 Å². The van der Waals surface area contributed by atoms with Gasteiger partial charge in [0.15, 0.2) is 0 Å². The molecule has 0 atom stereocenters. The van der Waals surface area contributed by atoms with E-state index in [1.807, 2.05) is 6.07 Å². The summed E-state index contributed by atoms with van der Waals surface area (Å²) in [5.41, 5.74) is 2.79. The van der Waals surface area contributed by atoms with E-state index in [2.05, 4.69) is 21.2 Å². The van der Waals surface area contributed by atoms with Crippen molar-refractivity contribution in [2.75, 3.05) is 37.7 Å². The molecule has 0 saturated heterocycles. The molecular formula is C14H16BrF3N2O. The molecule has 0 spiro atoms. The quantitative estimate of drug-likeness (QED) is 0.829. The third kappa shape index (κ3) is 3.13. The van der Waals surface area contributed by atoms with Gasteiger partial charge in [0.2, 0.25) is 0 Å². The summed E-state index contributed by atoms with van der Waals surface area (Å²) in [5, 5.41) is 3.31. The van der Waals surface area contributed by atoms with Gasteiger partial charge in [0.05, 0.1) is 12.2 Å². The number of alkyl halides is 3. The molecule has 1 aromatic carbocycles. The van der Waals surface area contributed by atoms with Crippen LogP contribution in [0.15, 0.2) is 10.5 Å². The third-order valence-corrected chi connectivity index (χ3v) is 4.68. The second-order valence-electron chi connectivity index (χ2n) is 5.31. The highest BCUT2D eigenvalue weighted by Crippen LogP contribution is 2.43. The van der Waals surface area contributed by atoms with Gasteiger partial charge in [-0.05, 0) is 59.1 Å². The number of halogens is 4. The van der Waals surface area contributed by atoms with Crippen molar-refractivity contribution in [1.29, 1.82) is 0 Å². The zero-order chi connectivity index (χ0) is 15.0. The average Bonchev–Trinajstić information content (AvgIpc) is 2.62. The van der Waals surface area contributed by atoms with E-state index < -0.39 is 12.7 Å². The lowest BCUT2D eigenvalue weighted by Crippen LogP contribution is -2.40. The number of rotatable bonds is 1. The maximum absolute atomic E-state index is 12.8. The second-order valence-corrected chi connectivity index (χ2v) is 6.10. The molecule has 3 nitrogen and oxygen atoms in total. The molecular weight excluding hydrogens is 349 g/mol. The van der Waals surface area contributed by atoms with E-state index in [9.17, 15) is 13.2 Å². The highest BCUT2D eigenvalue weighted by atomic mass is 79.9. The Morgan fingerprint density at radius 3 is 2.81 bits per heavy atom. The largest absolute Gasteiger partial charge is 0.490 e. The normalized spacial score (nSPS) is 18.6. The number of benzene rings is 1. The Bertz CT molecular complexity index is 548. The van der Waals surface area contributed by atoms with Crippen molar-refractivity contribution in [2.45, 2.75) is 19.0 Å². The van der Waals surface area contributed by atoms with Crippen LogP contribution in [-0.2, 0) is 12.8 Å². The summed E-state index contributed by atoms with van der Waals surface area (Å²) in [6, 6.07) is 1.91. The molecule has 7 heteroatoms. The van der Waals surface area contributed by atoms with Crippen molar-refractivity contribution < 1.29 is 17.9 Å². The molecule has 0 radical (unpaired) electrons. The van der Waals surface area contributed by atoms with Crippen molar-refractivity contribution in [3.8, 4) is 5.75 Å². The van der Waals surface area contributed by atoms with Crippen LogP contribution >= 0.6 is 15.9 Å². The van der Waals surface area contributed by atoms with Crippen LogP contribution in [0, 0.1) is 0 Å². The molecule has 2 heterocycles. The Morgan fingerprint density at radius 1 is 1.29 bits per heavy atom. The Kier molecular flexibility index (Phi) is 4.05. The molecule has 1 aromatic rings. The van der Waals surface area contributed by atoms with E-state index in [0.29, 0.717) is 11.4 Å². The lowest BCUT2D eigenvalue weighted by Gasteiger charge is -2.34. The highest BCUT2D eigenvalue weighted by molar-refractivity contribution is 9.10. The van der Waals surface area contributed by atoms with Crippen LogP contribution in [0.25, 0.3) is 0 Å². The monoisotopic (exact) mass is 364 g/mol. The van der Waals surface area contributed by atoms with E-state index >= 15 is 0 Å².